The third-order valence-corrected chi connectivity index (χ3v) is 4.77. The topological polar surface area (TPSA) is 20.3 Å². The molecule has 0 aromatic heterocycles. The number of hydrogen-bond acceptors (Lipinski definition) is 2. The van der Waals surface area contributed by atoms with E-state index in [1.165, 1.54) is 11.1 Å². The molecule has 1 unspecified atom stereocenters. The molecule has 0 aliphatic carbocycles. The number of carbonyl (C=O) groups is 1. The summed E-state index contributed by atoms with van der Waals surface area (Å²) in [6.45, 7) is 3.31. The molecule has 0 spiro atoms. The largest absolute Gasteiger partial charge is 0.301 e. The maximum Gasteiger partial charge on any atom is 0.159 e. The van der Waals surface area contributed by atoms with Crippen LogP contribution in [-0.4, -0.2) is 24.3 Å². The van der Waals surface area contributed by atoms with Crippen molar-refractivity contribution in [3.63, 3.8) is 0 Å². The average Bonchev–Trinajstić information content (AvgIpc) is 2.47. The normalized spacial score (nSPS) is 18.1. The highest BCUT2D eigenvalue weighted by molar-refractivity contribution is 6.35. The molecular formula is C18H17Cl2NO. The Balaban J connectivity index is 2.06. The Labute approximate surface area is 140 Å². The smallest absolute Gasteiger partial charge is 0.159 e. The highest BCUT2D eigenvalue weighted by Gasteiger charge is 2.27. The lowest BCUT2D eigenvalue weighted by Crippen LogP contribution is -2.31. The molecule has 1 atom stereocenters. The highest BCUT2D eigenvalue weighted by Crippen LogP contribution is 2.38. The van der Waals surface area contributed by atoms with Crippen LogP contribution in [0, 0.1) is 0 Å². The summed E-state index contributed by atoms with van der Waals surface area (Å²) >= 11 is 12.6. The molecule has 22 heavy (non-hydrogen) atoms. The summed E-state index contributed by atoms with van der Waals surface area (Å²) in [6.07, 6.45) is 0. The van der Waals surface area contributed by atoms with Gasteiger partial charge in [-0.1, -0.05) is 47.5 Å². The lowest BCUT2D eigenvalue weighted by atomic mass is 9.84. The summed E-state index contributed by atoms with van der Waals surface area (Å²) in [5.41, 5.74) is 4.24. The standard InChI is InChI=1S/C18H17Cl2NO/c1-11(22)12-3-5-13(6-4-12)16-9-21(2)10-17-15(16)7-14(19)8-18(17)20/h3-8,16H,9-10H2,1-2H3. The van der Waals surface area contributed by atoms with Gasteiger partial charge in [-0.3, -0.25) is 4.79 Å². The first-order chi connectivity index (χ1) is 10.5. The van der Waals surface area contributed by atoms with E-state index < -0.39 is 0 Å². The minimum atomic E-state index is 0.0822. The monoisotopic (exact) mass is 333 g/mol. The van der Waals surface area contributed by atoms with E-state index >= 15 is 0 Å². The number of fused-ring (bicyclic) bond motifs is 1. The summed E-state index contributed by atoms with van der Waals surface area (Å²) < 4.78 is 0. The molecular weight excluding hydrogens is 317 g/mol. The molecule has 3 rings (SSSR count). The summed E-state index contributed by atoms with van der Waals surface area (Å²) in [5.74, 6) is 0.296. The molecule has 0 saturated carbocycles. The van der Waals surface area contributed by atoms with Crippen molar-refractivity contribution >= 4 is 29.0 Å². The van der Waals surface area contributed by atoms with Gasteiger partial charge in [-0.25, -0.2) is 0 Å². The Bertz CT molecular complexity index is 725. The van der Waals surface area contributed by atoms with Crippen molar-refractivity contribution in [3.05, 3.63) is 68.7 Å². The molecule has 2 aromatic carbocycles. The number of ketones is 1. The van der Waals surface area contributed by atoms with Crippen LogP contribution in [0.3, 0.4) is 0 Å². The van der Waals surface area contributed by atoms with Gasteiger partial charge >= 0.3 is 0 Å². The molecule has 0 saturated heterocycles. The first-order valence-electron chi connectivity index (χ1n) is 7.23. The van der Waals surface area contributed by atoms with Crippen LogP contribution < -0.4 is 0 Å². The fraction of sp³-hybridized carbons (Fsp3) is 0.278. The Morgan fingerprint density at radius 3 is 2.50 bits per heavy atom. The Morgan fingerprint density at radius 2 is 1.86 bits per heavy atom. The zero-order chi connectivity index (χ0) is 15.9. The second-order valence-corrected chi connectivity index (χ2v) is 6.73. The first-order valence-corrected chi connectivity index (χ1v) is 7.98. The van der Waals surface area contributed by atoms with Crippen LogP contribution in [-0.2, 0) is 6.54 Å². The maximum absolute atomic E-state index is 11.4. The molecule has 1 aliphatic heterocycles. The zero-order valence-corrected chi connectivity index (χ0v) is 14.1. The minimum absolute atomic E-state index is 0.0822. The molecule has 0 fully saturated rings. The van der Waals surface area contributed by atoms with Crippen LogP contribution in [0.25, 0.3) is 0 Å². The third kappa shape index (κ3) is 2.91. The van der Waals surface area contributed by atoms with Crippen LogP contribution >= 0.6 is 23.2 Å². The Kier molecular flexibility index (Phi) is 4.26. The number of rotatable bonds is 2. The molecule has 0 N–H and O–H groups in total. The minimum Gasteiger partial charge on any atom is -0.301 e. The number of nitrogens with zero attached hydrogens (tertiary/aromatic N) is 1. The van der Waals surface area contributed by atoms with E-state index in [1.54, 1.807) is 13.0 Å². The fourth-order valence-electron chi connectivity index (χ4n) is 3.08. The number of benzene rings is 2. The molecule has 0 amide bonds. The molecule has 1 heterocycles. The number of Topliss-reactive ketones (excluding diaryl/α,β-unsaturated/α-hetero) is 1. The van der Waals surface area contributed by atoms with Crippen LogP contribution in [0.4, 0.5) is 0 Å². The van der Waals surface area contributed by atoms with Gasteiger partial charge in [-0.15, -0.1) is 0 Å². The van der Waals surface area contributed by atoms with E-state index in [0.29, 0.717) is 5.02 Å². The first kappa shape index (κ1) is 15.5. The van der Waals surface area contributed by atoms with Crippen molar-refractivity contribution < 1.29 is 4.79 Å². The van der Waals surface area contributed by atoms with Crippen molar-refractivity contribution in [2.75, 3.05) is 13.6 Å². The van der Waals surface area contributed by atoms with Crippen LogP contribution in [0.15, 0.2) is 36.4 Å². The number of hydrogen-bond donors (Lipinski definition) is 0. The lowest BCUT2D eigenvalue weighted by Gasteiger charge is -2.33. The third-order valence-electron chi connectivity index (χ3n) is 4.21. The van der Waals surface area contributed by atoms with Crippen molar-refractivity contribution in [3.8, 4) is 0 Å². The summed E-state index contributed by atoms with van der Waals surface area (Å²) in [6, 6.07) is 11.6. The summed E-state index contributed by atoms with van der Waals surface area (Å²) in [4.78, 5) is 13.7. The summed E-state index contributed by atoms with van der Waals surface area (Å²) in [5, 5.41) is 1.39. The van der Waals surface area contributed by atoms with Crippen LogP contribution in [0.2, 0.25) is 10.0 Å². The molecule has 4 heteroatoms. The van der Waals surface area contributed by atoms with Crippen LogP contribution in [0.1, 0.15) is 39.9 Å². The van der Waals surface area contributed by atoms with Crippen molar-refractivity contribution in [1.29, 1.82) is 0 Å². The van der Waals surface area contributed by atoms with Gasteiger partial charge in [-0.2, -0.15) is 0 Å². The van der Waals surface area contributed by atoms with Crippen LogP contribution in [0.5, 0.6) is 0 Å². The Hall–Kier alpha value is -1.35. The van der Waals surface area contributed by atoms with Gasteiger partial charge in [0.15, 0.2) is 5.78 Å². The van der Waals surface area contributed by atoms with E-state index in [-0.39, 0.29) is 11.7 Å². The predicted molar refractivity (Wildman–Crippen MR) is 91.1 cm³/mol. The van der Waals surface area contributed by atoms with Gasteiger partial charge < -0.3 is 4.90 Å². The van der Waals surface area contributed by atoms with Gasteiger partial charge in [0.25, 0.3) is 0 Å². The number of likely N-dealkylation sites (N-methyl/N-ethyl adjacent to an activating group) is 1. The van der Waals surface area contributed by atoms with Crippen molar-refractivity contribution in [2.45, 2.75) is 19.4 Å². The van der Waals surface area contributed by atoms with E-state index in [2.05, 4.69) is 11.9 Å². The fourth-order valence-corrected chi connectivity index (χ4v) is 3.65. The quantitative estimate of drug-likeness (QED) is 0.737. The molecule has 114 valence electrons. The molecule has 0 radical (unpaired) electrons. The van der Waals surface area contributed by atoms with E-state index in [0.717, 1.165) is 29.2 Å². The Morgan fingerprint density at radius 1 is 1.18 bits per heavy atom. The lowest BCUT2D eigenvalue weighted by molar-refractivity contribution is 0.101. The number of halogens is 2. The SMILES string of the molecule is CC(=O)c1ccc(C2CN(C)Cc3c(Cl)cc(Cl)cc32)cc1. The van der Waals surface area contributed by atoms with E-state index in [1.807, 2.05) is 30.3 Å². The maximum atomic E-state index is 11.4. The van der Waals surface area contributed by atoms with E-state index in [4.69, 9.17) is 23.2 Å². The summed E-state index contributed by atoms with van der Waals surface area (Å²) in [7, 11) is 2.09. The van der Waals surface area contributed by atoms with Gasteiger partial charge in [-0.05, 0) is 42.8 Å². The van der Waals surface area contributed by atoms with E-state index in [9.17, 15) is 4.79 Å². The zero-order valence-electron chi connectivity index (χ0n) is 12.6. The molecule has 2 nitrogen and oxygen atoms in total. The van der Waals surface area contributed by atoms with Gasteiger partial charge in [0.1, 0.15) is 0 Å². The van der Waals surface area contributed by atoms with Crippen molar-refractivity contribution in [1.82, 2.24) is 4.90 Å². The average molecular weight is 334 g/mol. The predicted octanol–water partition coefficient (Wildman–Crippen LogP) is 4.77. The second kappa shape index (κ2) is 6.04. The number of carbonyl (C=O) groups excluding carboxylic acids is 1. The molecule has 2 aromatic rings. The molecule has 1 aliphatic rings. The van der Waals surface area contributed by atoms with Gasteiger partial charge in [0.05, 0.1) is 0 Å². The highest BCUT2D eigenvalue weighted by atomic mass is 35.5. The van der Waals surface area contributed by atoms with Crippen molar-refractivity contribution in [2.24, 2.45) is 0 Å². The second-order valence-electron chi connectivity index (χ2n) is 5.88. The van der Waals surface area contributed by atoms with Gasteiger partial charge in [0, 0.05) is 34.6 Å². The molecule has 0 bridgehead atoms. The van der Waals surface area contributed by atoms with Gasteiger partial charge in [0.2, 0.25) is 0 Å².